The Bertz CT molecular complexity index is 1470. The van der Waals surface area contributed by atoms with Crippen molar-refractivity contribution in [2.24, 2.45) is 0 Å². The minimum atomic E-state index is -4.47. The number of piperidine rings is 1. The maximum absolute atomic E-state index is 13.8. The fourth-order valence-electron chi connectivity index (χ4n) is 5.49. The normalized spacial score (nSPS) is 19.8. The molecule has 0 spiro atoms. The van der Waals surface area contributed by atoms with Crippen molar-refractivity contribution in [1.29, 1.82) is 0 Å². The summed E-state index contributed by atoms with van der Waals surface area (Å²) in [5.74, 6) is 0.291. The van der Waals surface area contributed by atoms with Gasteiger partial charge < -0.3 is 9.47 Å². The van der Waals surface area contributed by atoms with Gasteiger partial charge in [-0.2, -0.15) is 18.4 Å². The third-order valence-corrected chi connectivity index (χ3v) is 7.76. The number of hydrogen-bond donors (Lipinski definition) is 1. The summed E-state index contributed by atoms with van der Waals surface area (Å²) in [6, 6.07) is 22.8. The zero-order chi connectivity index (χ0) is 29.7. The van der Waals surface area contributed by atoms with E-state index in [2.05, 4.69) is 20.6 Å². The SMILES string of the molecule is Cc1cc([C@@H](C)OC[C@@]2(c3ccccc3)CCC(c3nn[nH]n3)CN2C(=O)OCc2ccccc2)cc(C(F)(F)F)c1. The fourth-order valence-corrected chi connectivity index (χ4v) is 5.49. The van der Waals surface area contributed by atoms with Gasteiger partial charge in [-0.1, -0.05) is 77.5 Å². The Labute approximate surface area is 241 Å². The summed E-state index contributed by atoms with van der Waals surface area (Å²) in [5.41, 5.74) is 0.884. The second-order valence-corrected chi connectivity index (χ2v) is 10.6. The maximum Gasteiger partial charge on any atom is 0.416 e. The lowest BCUT2D eigenvalue weighted by molar-refractivity contribution is -0.137. The Morgan fingerprint density at radius 2 is 1.81 bits per heavy atom. The Hall–Kier alpha value is -4.25. The molecule has 4 aromatic rings. The number of ether oxygens (including phenoxy) is 2. The zero-order valence-corrected chi connectivity index (χ0v) is 23.3. The summed E-state index contributed by atoms with van der Waals surface area (Å²) in [5, 5.41) is 14.5. The molecule has 42 heavy (non-hydrogen) atoms. The first kappa shape index (κ1) is 29.2. The third kappa shape index (κ3) is 6.46. The van der Waals surface area contributed by atoms with E-state index in [1.54, 1.807) is 24.8 Å². The van der Waals surface area contributed by atoms with Gasteiger partial charge in [-0.3, -0.25) is 4.90 Å². The third-order valence-electron chi connectivity index (χ3n) is 7.76. The quantitative estimate of drug-likeness (QED) is 0.249. The molecule has 1 N–H and O–H groups in total. The topological polar surface area (TPSA) is 93.2 Å². The largest absolute Gasteiger partial charge is 0.445 e. The number of nitrogens with zero attached hydrogens (tertiary/aromatic N) is 4. The van der Waals surface area contributed by atoms with Crippen LogP contribution in [-0.4, -0.2) is 44.8 Å². The van der Waals surface area contributed by atoms with Crippen molar-refractivity contribution in [2.45, 2.75) is 57.0 Å². The zero-order valence-electron chi connectivity index (χ0n) is 23.3. The molecular formula is C31H32F3N5O3. The molecule has 3 atom stereocenters. The molecule has 1 aliphatic rings. The molecule has 0 bridgehead atoms. The Balaban J connectivity index is 1.47. The number of tetrazole rings is 1. The number of hydrogen-bond acceptors (Lipinski definition) is 6. The lowest BCUT2D eigenvalue weighted by atomic mass is 9.77. The van der Waals surface area contributed by atoms with Crippen molar-refractivity contribution in [1.82, 2.24) is 25.5 Å². The van der Waals surface area contributed by atoms with E-state index in [9.17, 15) is 18.0 Å². The van der Waals surface area contributed by atoms with Gasteiger partial charge in [-0.15, -0.1) is 10.2 Å². The van der Waals surface area contributed by atoms with Crippen LogP contribution in [-0.2, 0) is 27.8 Å². The molecule has 0 radical (unpaired) electrons. The van der Waals surface area contributed by atoms with Crippen LogP contribution >= 0.6 is 0 Å². The predicted octanol–water partition coefficient (Wildman–Crippen LogP) is 6.72. The number of amides is 1. The Morgan fingerprint density at radius 3 is 2.48 bits per heavy atom. The molecule has 8 nitrogen and oxygen atoms in total. The van der Waals surface area contributed by atoms with Gasteiger partial charge >= 0.3 is 12.3 Å². The maximum atomic E-state index is 13.8. The van der Waals surface area contributed by atoms with Crippen LogP contribution in [0.5, 0.6) is 0 Å². The molecule has 5 rings (SSSR count). The highest BCUT2D eigenvalue weighted by molar-refractivity contribution is 5.70. The second kappa shape index (κ2) is 12.3. The number of halogens is 3. The van der Waals surface area contributed by atoms with Gasteiger partial charge in [0.1, 0.15) is 6.61 Å². The summed E-state index contributed by atoms with van der Waals surface area (Å²) < 4.78 is 52.8. The van der Waals surface area contributed by atoms with Crippen LogP contribution in [0.25, 0.3) is 0 Å². The number of aromatic nitrogens is 4. The highest BCUT2D eigenvalue weighted by atomic mass is 19.4. The molecule has 2 heterocycles. The lowest BCUT2D eigenvalue weighted by Crippen LogP contribution is -2.57. The van der Waals surface area contributed by atoms with Crippen molar-refractivity contribution >= 4 is 6.09 Å². The van der Waals surface area contributed by atoms with E-state index in [1.807, 2.05) is 60.7 Å². The summed E-state index contributed by atoms with van der Waals surface area (Å²) in [6.45, 7) is 3.70. The molecule has 1 aromatic heterocycles. The Morgan fingerprint density at radius 1 is 1.10 bits per heavy atom. The molecule has 1 amide bonds. The van der Waals surface area contributed by atoms with E-state index in [1.165, 1.54) is 0 Å². The molecule has 0 aliphatic carbocycles. The number of benzene rings is 3. The van der Waals surface area contributed by atoms with Crippen molar-refractivity contribution in [3.05, 3.63) is 113 Å². The Kier molecular flexibility index (Phi) is 8.58. The van der Waals surface area contributed by atoms with Crippen LogP contribution in [0, 0.1) is 6.92 Å². The van der Waals surface area contributed by atoms with E-state index >= 15 is 0 Å². The van der Waals surface area contributed by atoms with Crippen LogP contribution in [0.4, 0.5) is 18.0 Å². The van der Waals surface area contributed by atoms with Gasteiger partial charge in [0.2, 0.25) is 0 Å². The number of carbonyl (C=O) groups is 1. The first-order chi connectivity index (χ1) is 20.2. The van der Waals surface area contributed by atoms with E-state index in [0.717, 1.165) is 23.3 Å². The first-order valence-electron chi connectivity index (χ1n) is 13.7. The average molecular weight is 580 g/mol. The highest BCUT2D eigenvalue weighted by Crippen LogP contribution is 2.43. The number of rotatable bonds is 8. The number of aromatic amines is 1. The van der Waals surface area contributed by atoms with Crippen LogP contribution < -0.4 is 0 Å². The fraction of sp³-hybridized carbons (Fsp3) is 0.355. The van der Waals surface area contributed by atoms with Crippen LogP contribution in [0.15, 0.2) is 78.9 Å². The van der Waals surface area contributed by atoms with Crippen molar-refractivity contribution < 1.29 is 27.4 Å². The highest BCUT2D eigenvalue weighted by Gasteiger charge is 2.48. The standard InChI is InChI=1S/C31H32F3N5O3/c1-21-15-25(17-27(16-21)31(32,33)34)22(2)42-20-30(26-11-7-4-8-12-26)14-13-24(28-35-37-38-36-28)18-39(30)29(40)41-19-23-9-5-3-6-10-23/h3-12,15-17,22,24H,13-14,18-20H2,1-2H3,(H,35,36,37,38)/t22-,24?,30-/m1/s1. The summed E-state index contributed by atoms with van der Waals surface area (Å²) in [6.07, 6.45) is -4.59. The predicted molar refractivity (Wildman–Crippen MR) is 148 cm³/mol. The van der Waals surface area contributed by atoms with Crippen LogP contribution in [0.2, 0.25) is 0 Å². The van der Waals surface area contributed by atoms with E-state index in [0.29, 0.717) is 29.8 Å². The van der Waals surface area contributed by atoms with Gasteiger partial charge in [-0.05, 0) is 55.5 Å². The minimum absolute atomic E-state index is 0.0346. The molecule has 1 fully saturated rings. The number of alkyl halides is 3. The molecular weight excluding hydrogens is 547 g/mol. The summed E-state index contributed by atoms with van der Waals surface area (Å²) >= 11 is 0. The van der Waals surface area contributed by atoms with Crippen molar-refractivity contribution in [3.63, 3.8) is 0 Å². The van der Waals surface area contributed by atoms with Gasteiger partial charge in [0.05, 0.1) is 23.8 Å². The van der Waals surface area contributed by atoms with E-state index in [4.69, 9.17) is 9.47 Å². The van der Waals surface area contributed by atoms with Gasteiger partial charge in [0.25, 0.3) is 0 Å². The number of nitrogens with one attached hydrogen (secondary N) is 1. The molecule has 1 saturated heterocycles. The second-order valence-electron chi connectivity index (χ2n) is 10.6. The molecule has 1 unspecified atom stereocenters. The van der Waals surface area contributed by atoms with Gasteiger partial charge in [0.15, 0.2) is 5.82 Å². The van der Waals surface area contributed by atoms with Crippen LogP contribution in [0.3, 0.4) is 0 Å². The summed E-state index contributed by atoms with van der Waals surface area (Å²) in [4.78, 5) is 15.5. The van der Waals surface area contributed by atoms with E-state index < -0.39 is 29.5 Å². The molecule has 0 saturated carbocycles. The van der Waals surface area contributed by atoms with Gasteiger partial charge in [0, 0.05) is 12.5 Å². The van der Waals surface area contributed by atoms with Crippen LogP contribution in [0.1, 0.15) is 65.4 Å². The summed E-state index contributed by atoms with van der Waals surface area (Å²) in [7, 11) is 0. The molecule has 220 valence electrons. The minimum Gasteiger partial charge on any atom is -0.445 e. The number of H-pyrrole nitrogens is 1. The molecule has 3 aromatic carbocycles. The average Bonchev–Trinajstić information content (AvgIpc) is 3.54. The lowest BCUT2D eigenvalue weighted by Gasteiger charge is -2.48. The van der Waals surface area contributed by atoms with Crippen molar-refractivity contribution in [3.8, 4) is 0 Å². The molecule has 11 heteroatoms. The van der Waals surface area contributed by atoms with Crippen molar-refractivity contribution in [2.75, 3.05) is 13.2 Å². The number of likely N-dealkylation sites (tertiary alicyclic amines) is 1. The number of aryl methyl sites for hydroxylation is 1. The monoisotopic (exact) mass is 579 g/mol. The molecule has 1 aliphatic heterocycles. The number of carbonyl (C=O) groups excluding carboxylic acids is 1. The van der Waals surface area contributed by atoms with E-state index in [-0.39, 0.29) is 25.7 Å². The smallest absolute Gasteiger partial charge is 0.416 e. The first-order valence-corrected chi connectivity index (χ1v) is 13.7. The van der Waals surface area contributed by atoms with Gasteiger partial charge in [-0.25, -0.2) is 4.79 Å².